The van der Waals surface area contributed by atoms with Crippen molar-refractivity contribution < 1.29 is 4.74 Å². The van der Waals surface area contributed by atoms with Gasteiger partial charge in [0.15, 0.2) is 5.96 Å². The minimum atomic E-state index is 0.452. The molecule has 1 rings (SSSR count). The van der Waals surface area contributed by atoms with E-state index in [1.165, 1.54) is 32.1 Å². The lowest BCUT2D eigenvalue weighted by Gasteiger charge is -2.21. The van der Waals surface area contributed by atoms with Crippen LogP contribution in [-0.2, 0) is 4.74 Å². The quantitative estimate of drug-likeness (QED) is 0.348. The average molecular weight is 312 g/mol. The van der Waals surface area contributed by atoms with Gasteiger partial charge in [-0.1, -0.05) is 26.7 Å². The Hall–Kier alpha value is -0.770. The van der Waals surface area contributed by atoms with E-state index in [9.17, 15) is 0 Å². The lowest BCUT2D eigenvalue weighted by molar-refractivity contribution is 0.128. The molecule has 1 aliphatic rings. The second-order valence-electron chi connectivity index (χ2n) is 7.24. The fourth-order valence-electron chi connectivity index (χ4n) is 2.73. The molecule has 0 spiro atoms. The fraction of sp³-hybridized carbons (Fsp3) is 0.944. The summed E-state index contributed by atoms with van der Waals surface area (Å²) in [6, 6.07) is 0.475. The Bertz CT molecular complexity index is 324. The molecule has 1 unspecified atom stereocenters. The number of ether oxygens (including phenoxy) is 1. The van der Waals surface area contributed by atoms with E-state index in [-0.39, 0.29) is 0 Å². The van der Waals surface area contributed by atoms with Crippen LogP contribution in [0.3, 0.4) is 0 Å². The third kappa shape index (κ3) is 8.02. The molecule has 22 heavy (non-hydrogen) atoms. The summed E-state index contributed by atoms with van der Waals surface area (Å²) in [7, 11) is 1.86. The standard InChI is InChI=1S/C18H37N3O/c1-6-22-13-12-18(10-11-18)14-20-17(19-5)21-16(4)9-7-8-15(2)3/h15-16H,6-14H2,1-5H3,(H2,19,20,21). The number of nitrogens with zero attached hydrogens (tertiary/aromatic N) is 1. The second kappa shape index (κ2) is 10.1. The Morgan fingerprint density at radius 3 is 2.50 bits per heavy atom. The van der Waals surface area contributed by atoms with Crippen LogP contribution in [0.1, 0.15) is 66.2 Å². The summed E-state index contributed by atoms with van der Waals surface area (Å²) >= 11 is 0. The number of guanidine groups is 1. The predicted molar refractivity (Wildman–Crippen MR) is 95.4 cm³/mol. The Kier molecular flexibility index (Phi) is 8.84. The van der Waals surface area contributed by atoms with Crippen molar-refractivity contribution in [2.75, 3.05) is 26.8 Å². The van der Waals surface area contributed by atoms with Gasteiger partial charge in [-0.15, -0.1) is 0 Å². The Labute approximate surface area is 137 Å². The third-order valence-electron chi connectivity index (χ3n) is 4.59. The van der Waals surface area contributed by atoms with E-state index in [0.717, 1.165) is 38.1 Å². The third-order valence-corrected chi connectivity index (χ3v) is 4.59. The Morgan fingerprint density at radius 1 is 1.23 bits per heavy atom. The molecular formula is C18H37N3O. The van der Waals surface area contributed by atoms with E-state index < -0.39 is 0 Å². The SMILES string of the molecule is CCOCCC1(CNC(=NC)NC(C)CCCC(C)C)CC1. The van der Waals surface area contributed by atoms with Crippen molar-refractivity contribution in [1.82, 2.24) is 10.6 Å². The molecule has 1 atom stereocenters. The molecule has 4 nitrogen and oxygen atoms in total. The zero-order valence-electron chi connectivity index (χ0n) is 15.4. The van der Waals surface area contributed by atoms with Gasteiger partial charge in [-0.2, -0.15) is 0 Å². The molecule has 2 N–H and O–H groups in total. The van der Waals surface area contributed by atoms with Gasteiger partial charge in [0.1, 0.15) is 0 Å². The highest BCUT2D eigenvalue weighted by atomic mass is 16.5. The maximum absolute atomic E-state index is 5.50. The van der Waals surface area contributed by atoms with Crippen molar-refractivity contribution >= 4 is 5.96 Å². The molecular weight excluding hydrogens is 274 g/mol. The molecule has 0 saturated heterocycles. The topological polar surface area (TPSA) is 45.6 Å². The molecule has 0 radical (unpaired) electrons. The molecule has 0 aromatic carbocycles. The van der Waals surface area contributed by atoms with Crippen LogP contribution in [0.25, 0.3) is 0 Å². The zero-order chi connectivity index (χ0) is 16.4. The Morgan fingerprint density at radius 2 is 1.95 bits per heavy atom. The highest BCUT2D eigenvalue weighted by Gasteiger charge is 2.41. The van der Waals surface area contributed by atoms with Gasteiger partial charge in [0.2, 0.25) is 0 Å². The molecule has 0 heterocycles. The fourth-order valence-corrected chi connectivity index (χ4v) is 2.73. The average Bonchev–Trinajstić information content (AvgIpc) is 3.23. The first-order chi connectivity index (χ1) is 10.5. The molecule has 1 aliphatic carbocycles. The normalized spacial score (nSPS) is 18.4. The lowest BCUT2D eigenvalue weighted by Crippen LogP contribution is -2.44. The van der Waals surface area contributed by atoms with Crippen molar-refractivity contribution in [2.24, 2.45) is 16.3 Å². The summed E-state index contributed by atoms with van der Waals surface area (Å²) in [6.07, 6.45) is 7.57. The van der Waals surface area contributed by atoms with Crippen molar-refractivity contribution in [1.29, 1.82) is 0 Å². The first-order valence-corrected chi connectivity index (χ1v) is 9.06. The molecule has 1 saturated carbocycles. The number of rotatable bonds is 11. The summed E-state index contributed by atoms with van der Waals surface area (Å²) in [6.45, 7) is 11.6. The van der Waals surface area contributed by atoms with Crippen LogP contribution in [0.2, 0.25) is 0 Å². The van der Waals surface area contributed by atoms with E-state index in [4.69, 9.17) is 4.74 Å². The van der Waals surface area contributed by atoms with Crippen molar-refractivity contribution in [3.05, 3.63) is 0 Å². The van der Waals surface area contributed by atoms with Crippen LogP contribution < -0.4 is 10.6 Å². The minimum Gasteiger partial charge on any atom is -0.382 e. The van der Waals surface area contributed by atoms with Crippen molar-refractivity contribution in [3.63, 3.8) is 0 Å². The van der Waals surface area contributed by atoms with Crippen molar-refractivity contribution in [3.8, 4) is 0 Å². The van der Waals surface area contributed by atoms with E-state index in [1.807, 2.05) is 7.05 Å². The summed E-state index contributed by atoms with van der Waals surface area (Å²) in [5, 5.41) is 7.03. The molecule has 0 aromatic heterocycles. The van der Waals surface area contributed by atoms with Crippen LogP contribution >= 0.6 is 0 Å². The van der Waals surface area contributed by atoms with Gasteiger partial charge >= 0.3 is 0 Å². The van der Waals surface area contributed by atoms with Gasteiger partial charge < -0.3 is 15.4 Å². The number of aliphatic imine (C=N–C) groups is 1. The largest absolute Gasteiger partial charge is 0.382 e. The molecule has 4 heteroatoms. The number of hydrogen-bond donors (Lipinski definition) is 2. The monoisotopic (exact) mass is 311 g/mol. The maximum Gasteiger partial charge on any atom is 0.191 e. The first-order valence-electron chi connectivity index (χ1n) is 9.06. The maximum atomic E-state index is 5.50. The van der Waals surface area contributed by atoms with E-state index in [1.54, 1.807) is 0 Å². The lowest BCUT2D eigenvalue weighted by atomic mass is 10.0. The second-order valence-corrected chi connectivity index (χ2v) is 7.24. The molecule has 0 amide bonds. The van der Waals surface area contributed by atoms with Gasteiger partial charge in [0.05, 0.1) is 0 Å². The zero-order valence-corrected chi connectivity index (χ0v) is 15.4. The first kappa shape index (κ1) is 19.3. The van der Waals surface area contributed by atoms with Gasteiger partial charge in [-0.25, -0.2) is 0 Å². The van der Waals surface area contributed by atoms with Gasteiger partial charge in [0.25, 0.3) is 0 Å². The van der Waals surface area contributed by atoms with Crippen LogP contribution in [-0.4, -0.2) is 38.8 Å². The number of nitrogens with one attached hydrogen (secondary N) is 2. The highest BCUT2D eigenvalue weighted by molar-refractivity contribution is 5.80. The summed E-state index contributed by atoms with van der Waals surface area (Å²) in [5.41, 5.74) is 0.452. The summed E-state index contributed by atoms with van der Waals surface area (Å²) in [5.74, 6) is 1.74. The summed E-state index contributed by atoms with van der Waals surface area (Å²) < 4.78 is 5.50. The molecule has 0 aliphatic heterocycles. The summed E-state index contributed by atoms with van der Waals surface area (Å²) in [4.78, 5) is 4.36. The molecule has 1 fully saturated rings. The van der Waals surface area contributed by atoms with E-state index in [0.29, 0.717) is 11.5 Å². The smallest absolute Gasteiger partial charge is 0.191 e. The van der Waals surface area contributed by atoms with Gasteiger partial charge in [-0.05, 0) is 50.9 Å². The van der Waals surface area contributed by atoms with Crippen LogP contribution in [0.15, 0.2) is 4.99 Å². The van der Waals surface area contributed by atoms with Crippen LogP contribution in [0.4, 0.5) is 0 Å². The van der Waals surface area contributed by atoms with E-state index in [2.05, 4.69) is 43.3 Å². The molecule has 0 bridgehead atoms. The van der Waals surface area contributed by atoms with E-state index >= 15 is 0 Å². The van der Waals surface area contributed by atoms with Crippen LogP contribution in [0, 0.1) is 11.3 Å². The van der Waals surface area contributed by atoms with Gasteiger partial charge in [0, 0.05) is 32.8 Å². The highest BCUT2D eigenvalue weighted by Crippen LogP contribution is 2.48. The molecule has 130 valence electrons. The minimum absolute atomic E-state index is 0.452. The molecule has 0 aromatic rings. The Balaban J connectivity index is 2.22. The van der Waals surface area contributed by atoms with Crippen molar-refractivity contribution in [2.45, 2.75) is 72.3 Å². The van der Waals surface area contributed by atoms with Crippen LogP contribution in [0.5, 0.6) is 0 Å². The number of hydrogen-bond acceptors (Lipinski definition) is 2. The van der Waals surface area contributed by atoms with Gasteiger partial charge in [-0.3, -0.25) is 4.99 Å². The predicted octanol–water partition coefficient (Wildman–Crippen LogP) is 3.57.